The average Bonchev–Trinajstić information content (AvgIpc) is 2.46. The van der Waals surface area contributed by atoms with Crippen LogP contribution >= 0.6 is 0 Å². The number of amides is 1. The summed E-state index contributed by atoms with van der Waals surface area (Å²) in [5.41, 5.74) is 6.07. The minimum Gasteiger partial charge on any atom is -0.368 e. The van der Waals surface area contributed by atoms with Crippen LogP contribution in [0.15, 0.2) is 12.3 Å². The number of rotatable bonds is 4. The van der Waals surface area contributed by atoms with Crippen LogP contribution in [-0.4, -0.2) is 52.9 Å². The molecule has 1 saturated heterocycles. The highest BCUT2D eigenvalue weighted by Crippen LogP contribution is 2.27. The molecule has 1 aliphatic rings. The average molecular weight is 293 g/mol. The summed E-state index contributed by atoms with van der Waals surface area (Å²) in [5, 5.41) is 11.1. The molecule has 0 spiro atoms. The van der Waals surface area contributed by atoms with E-state index in [9.17, 15) is 14.9 Å². The van der Waals surface area contributed by atoms with Crippen LogP contribution in [0.2, 0.25) is 0 Å². The molecule has 2 rings (SSSR count). The zero-order valence-electron chi connectivity index (χ0n) is 12.2. The second-order valence-corrected chi connectivity index (χ2v) is 5.21. The fraction of sp³-hybridized carbons (Fsp3) is 0.538. The van der Waals surface area contributed by atoms with Crippen molar-refractivity contribution in [2.45, 2.75) is 19.9 Å². The molecule has 0 aromatic carbocycles. The standard InChI is InChI=1S/C13H19N5O3/c1-9-7-11(18(20)21)13(15-8-9)17-5-3-16(4-6-17)10(2)12(14)19/h7-8,10H,3-6H2,1-2H3,(H2,14,19)/t10-/m0/s1. The molecule has 114 valence electrons. The second-order valence-electron chi connectivity index (χ2n) is 5.21. The van der Waals surface area contributed by atoms with Crippen LogP contribution in [0.25, 0.3) is 0 Å². The number of anilines is 1. The summed E-state index contributed by atoms with van der Waals surface area (Å²) in [6.07, 6.45) is 1.63. The van der Waals surface area contributed by atoms with Gasteiger partial charge in [0, 0.05) is 38.4 Å². The Kier molecular flexibility index (Phi) is 4.37. The maximum absolute atomic E-state index is 11.2. The lowest BCUT2D eigenvalue weighted by Crippen LogP contribution is -2.53. The molecule has 1 atom stereocenters. The van der Waals surface area contributed by atoms with Crippen LogP contribution in [0.5, 0.6) is 0 Å². The van der Waals surface area contributed by atoms with E-state index < -0.39 is 4.92 Å². The molecule has 8 nitrogen and oxygen atoms in total. The van der Waals surface area contributed by atoms with E-state index in [1.165, 1.54) is 6.07 Å². The lowest BCUT2D eigenvalue weighted by molar-refractivity contribution is -0.384. The Bertz CT molecular complexity index is 555. The van der Waals surface area contributed by atoms with Gasteiger partial charge < -0.3 is 10.6 Å². The van der Waals surface area contributed by atoms with Gasteiger partial charge in [-0.2, -0.15) is 0 Å². The van der Waals surface area contributed by atoms with E-state index in [-0.39, 0.29) is 17.6 Å². The number of hydrogen-bond acceptors (Lipinski definition) is 6. The van der Waals surface area contributed by atoms with Gasteiger partial charge in [-0.1, -0.05) is 0 Å². The predicted molar refractivity (Wildman–Crippen MR) is 78.1 cm³/mol. The smallest absolute Gasteiger partial charge is 0.311 e. The number of nitrogens with two attached hydrogens (primary N) is 1. The van der Waals surface area contributed by atoms with Crippen molar-refractivity contribution in [3.63, 3.8) is 0 Å². The number of primary amides is 1. The Hall–Kier alpha value is -2.22. The van der Waals surface area contributed by atoms with Crippen LogP contribution < -0.4 is 10.6 Å². The molecule has 2 heterocycles. The predicted octanol–water partition coefficient (Wildman–Crippen LogP) is 0.294. The quantitative estimate of drug-likeness (QED) is 0.632. The summed E-state index contributed by atoms with van der Waals surface area (Å²) in [6, 6.07) is 1.20. The largest absolute Gasteiger partial charge is 0.368 e. The number of nitrogens with zero attached hydrogens (tertiary/aromatic N) is 4. The van der Waals surface area contributed by atoms with E-state index in [4.69, 9.17) is 5.73 Å². The molecule has 0 aliphatic carbocycles. The van der Waals surface area contributed by atoms with Gasteiger partial charge in [0.15, 0.2) is 0 Å². The summed E-state index contributed by atoms with van der Waals surface area (Å²) < 4.78 is 0. The summed E-state index contributed by atoms with van der Waals surface area (Å²) in [7, 11) is 0. The van der Waals surface area contributed by atoms with E-state index in [1.54, 1.807) is 20.0 Å². The number of pyridine rings is 1. The molecule has 21 heavy (non-hydrogen) atoms. The van der Waals surface area contributed by atoms with Crippen molar-refractivity contribution < 1.29 is 9.72 Å². The van der Waals surface area contributed by atoms with Gasteiger partial charge in [-0.05, 0) is 19.4 Å². The topological polar surface area (TPSA) is 106 Å². The van der Waals surface area contributed by atoms with Gasteiger partial charge in [-0.25, -0.2) is 4.98 Å². The first kappa shape index (κ1) is 15.2. The lowest BCUT2D eigenvalue weighted by atomic mass is 10.2. The minimum absolute atomic E-state index is 0.0198. The van der Waals surface area contributed by atoms with E-state index in [2.05, 4.69) is 4.98 Å². The Balaban J connectivity index is 2.12. The van der Waals surface area contributed by atoms with Crippen molar-refractivity contribution in [3.05, 3.63) is 27.9 Å². The van der Waals surface area contributed by atoms with E-state index in [0.29, 0.717) is 32.0 Å². The third-order valence-corrected chi connectivity index (χ3v) is 3.75. The van der Waals surface area contributed by atoms with Crippen molar-refractivity contribution in [1.29, 1.82) is 0 Å². The highest BCUT2D eigenvalue weighted by molar-refractivity contribution is 5.79. The van der Waals surface area contributed by atoms with Crippen molar-refractivity contribution in [1.82, 2.24) is 9.88 Å². The Morgan fingerprint density at radius 1 is 1.43 bits per heavy atom. The van der Waals surface area contributed by atoms with Crippen LogP contribution in [-0.2, 0) is 4.79 Å². The first-order valence-electron chi connectivity index (χ1n) is 6.79. The third kappa shape index (κ3) is 3.27. The van der Waals surface area contributed by atoms with Crippen LogP contribution in [0, 0.1) is 17.0 Å². The highest BCUT2D eigenvalue weighted by atomic mass is 16.6. The summed E-state index contributed by atoms with van der Waals surface area (Å²) >= 11 is 0. The zero-order valence-corrected chi connectivity index (χ0v) is 12.2. The second kappa shape index (κ2) is 6.04. The molecule has 1 aliphatic heterocycles. The van der Waals surface area contributed by atoms with Gasteiger partial charge in [0.1, 0.15) is 0 Å². The molecular weight excluding hydrogens is 274 g/mol. The van der Waals surface area contributed by atoms with Gasteiger partial charge in [0.25, 0.3) is 0 Å². The van der Waals surface area contributed by atoms with Crippen molar-refractivity contribution in [3.8, 4) is 0 Å². The molecule has 1 aromatic heterocycles. The highest BCUT2D eigenvalue weighted by Gasteiger charge is 2.28. The fourth-order valence-corrected chi connectivity index (χ4v) is 2.43. The van der Waals surface area contributed by atoms with Gasteiger partial charge >= 0.3 is 5.69 Å². The molecule has 1 aromatic rings. The van der Waals surface area contributed by atoms with Crippen LogP contribution in [0.3, 0.4) is 0 Å². The van der Waals surface area contributed by atoms with Gasteiger partial charge in [0.2, 0.25) is 11.7 Å². The molecule has 0 unspecified atom stereocenters. The van der Waals surface area contributed by atoms with E-state index in [0.717, 1.165) is 5.56 Å². The normalized spacial score (nSPS) is 17.5. The monoisotopic (exact) mass is 293 g/mol. The van der Waals surface area contributed by atoms with Crippen LogP contribution in [0.1, 0.15) is 12.5 Å². The molecule has 8 heteroatoms. The summed E-state index contributed by atoms with van der Waals surface area (Å²) in [5.74, 6) is 0.0277. The number of aromatic nitrogens is 1. The number of carbonyl (C=O) groups excluding carboxylic acids is 1. The molecule has 1 fully saturated rings. The molecular formula is C13H19N5O3. The lowest BCUT2D eigenvalue weighted by Gasteiger charge is -2.37. The minimum atomic E-state index is -0.409. The molecule has 0 saturated carbocycles. The van der Waals surface area contributed by atoms with Gasteiger partial charge in [0.05, 0.1) is 11.0 Å². The maximum Gasteiger partial charge on any atom is 0.311 e. The Morgan fingerprint density at radius 2 is 2.05 bits per heavy atom. The van der Waals surface area contributed by atoms with Gasteiger partial charge in [-0.3, -0.25) is 19.8 Å². The fourth-order valence-electron chi connectivity index (χ4n) is 2.43. The van der Waals surface area contributed by atoms with Crippen molar-refractivity contribution >= 4 is 17.4 Å². The summed E-state index contributed by atoms with van der Waals surface area (Å²) in [4.78, 5) is 30.0. The first-order chi connectivity index (χ1) is 9.90. The number of nitro groups is 1. The number of aryl methyl sites for hydroxylation is 1. The Morgan fingerprint density at radius 3 is 2.57 bits per heavy atom. The molecule has 0 bridgehead atoms. The molecule has 2 N–H and O–H groups in total. The molecule has 1 amide bonds. The number of carbonyl (C=O) groups is 1. The number of hydrogen-bond donors (Lipinski definition) is 1. The van der Waals surface area contributed by atoms with E-state index in [1.807, 2.05) is 9.80 Å². The van der Waals surface area contributed by atoms with Crippen LogP contribution in [0.4, 0.5) is 11.5 Å². The van der Waals surface area contributed by atoms with Crippen molar-refractivity contribution in [2.75, 3.05) is 31.1 Å². The SMILES string of the molecule is Cc1cnc(N2CCN([C@@H](C)C(N)=O)CC2)c([N+](=O)[O-])c1. The number of piperazine rings is 1. The van der Waals surface area contributed by atoms with Crippen molar-refractivity contribution in [2.24, 2.45) is 5.73 Å². The molecule has 0 radical (unpaired) electrons. The Labute approximate surface area is 122 Å². The maximum atomic E-state index is 11.2. The zero-order chi connectivity index (χ0) is 15.6. The van der Waals surface area contributed by atoms with E-state index >= 15 is 0 Å². The first-order valence-corrected chi connectivity index (χ1v) is 6.79. The van der Waals surface area contributed by atoms with Gasteiger partial charge in [-0.15, -0.1) is 0 Å². The third-order valence-electron chi connectivity index (χ3n) is 3.75. The summed E-state index contributed by atoms with van der Waals surface area (Å²) in [6.45, 7) is 5.94.